The molecule has 3 aromatic rings. The number of H-pyrrole nitrogens is 1. The first-order valence-electron chi connectivity index (χ1n) is 5.47. The highest BCUT2D eigenvalue weighted by atomic mass is 32.1. The summed E-state index contributed by atoms with van der Waals surface area (Å²) in [5, 5.41) is 15.6. The first-order valence-corrected chi connectivity index (χ1v) is 6.35. The van der Waals surface area contributed by atoms with E-state index < -0.39 is 0 Å². The SMILES string of the molecule is Cn1cc(-c2nc(C(=O)Nc3cn[nH]c3)cs2)cn1. The van der Waals surface area contributed by atoms with Crippen molar-refractivity contribution in [2.24, 2.45) is 7.05 Å². The van der Waals surface area contributed by atoms with Crippen LogP contribution in [0.4, 0.5) is 5.69 Å². The molecule has 0 bridgehead atoms. The van der Waals surface area contributed by atoms with Gasteiger partial charge in [-0.15, -0.1) is 11.3 Å². The second-order valence-corrected chi connectivity index (χ2v) is 4.74. The normalized spacial score (nSPS) is 10.6. The van der Waals surface area contributed by atoms with E-state index in [9.17, 15) is 4.79 Å². The van der Waals surface area contributed by atoms with E-state index in [4.69, 9.17) is 0 Å². The summed E-state index contributed by atoms with van der Waals surface area (Å²) in [5.41, 5.74) is 1.89. The summed E-state index contributed by atoms with van der Waals surface area (Å²) in [6.45, 7) is 0. The van der Waals surface area contributed by atoms with Crippen LogP contribution in [0.15, 0.2) is 30.2 Å². The van der Waals surface area contributed by atoms with Gasteiger partial charge in [-0.25, -0.2) is 4.98 Å². The van der Waals surface area contributed by atoms with Crippen LogP contribution < -0.4 is 5.32 Å². The number of anilines is 1. The van der Waals surface area contributed by atoms with E-state index in [0.717, 1.165) is 10.6 Å². The van der Waals surface area contributed by atoms with Crippen LogP contribution in [0.2, 0.25) is 0 Å². The fourth-order valence-electron chi connectivity index (χ4n) is 1.56. The van der Waals surface area contributed by atoms with Crippen molar-refractivity contribution in [3.05, 3.63) is 35.9 Å². The average molecular weight is 274 g/mol. The molecule has 0 spiro atoms. The highest BCUT2D eigenvalue weighted by Gasteiger charge is 2.13. The highest BCUT2D eigenvalue weighted by Crippen LogP contribution is 2.23. The predicted molar refractivity (Wildman–Crippen MR) is 70.9 cm³/mol. The third kappa shape index (κ3) is 2.38. The smallest absolute Gasteiger partial charge is 0.275 e. The van der Waals surface area contributed by atoms with Crippen LogP contribution in [0.1, 0.15) is 10.5 Å². The van der Waals surface area contributed by atoms with Crippen LogP contribution in [0, 0.1) is 0 Å². The summed E-state index contributed by atoms with van der Waals surface area (Å²) < 4.78 is 1.70. The summed E-state index contributed by atoms with van der Waals surface area (Å²) >= 11 is 1.41. The number of aryl methyl sites for hydroxylation is 1. The Labute approximate surface area is 112 Å². The van der Waals surface area contributed by atoms with Gasteiger partial charge in [0.25, 0.3) is 5.91 Å². The second kappa shape index (κ2) is 4.65. The van der Waals surface area contributed by atoms with Crippen LogP contribution >= 0.6 is 11.3 Å². The van der Waals surface area contributed by atoms with Crippen molar-refractivity contribution < 1.29 is 4.79 Å². The van der Waals surface area contributed by atoms with Crippen molar-refractivity contribution in [3.63, 3.8) is 0 Å². The summed E-state index contributed by atoms with van der Waals surface area (Å²) in [6.07, 6.45) is 6.71. The lowest BCUT2D eigenvalue weighted by Gasteiger charge is -1.97. The number of nitrogens with zero attached hydrogens (tertiary/aromatic N) is 4. The predicted octanol–water partition coefficient (Wildman–Crippen LogP) is 1.52. The van der Waals surface area contributed by atoms with Gasteiger partial charge in [-0.3, -0.25) is 14.6 Å². The van der Waals surface area contributed by atoms with Crippen molar-refractivity contribution in [3.8, 4) is 10.6 Å². The van der Waals surface area contributed by atoms with Gasteiger partial charge >= 0.3 is 0 Å². The van der Waals surface area contributed by atoms with Crippen LogP contribution in [0.5, 0.6) is 0 Å². The van der Waals surface area contributed by atoms with Gasteiger partial charge in [0.05, 0.1) is 18.1 Å². The number of aromatic nitrogens is 5. The Kier molecular flexibility index (Phi) is 2.84. The summed E-state index contributed by atoms with van der Waals surface area (Å²) in [4.78, 5) is 16.2. The molecule has 0 saturated heterocycles. The molecule has 3 aromatic heterocycles. The van der Waals surface area contributed by atoms with Crippen molar-refractivity contribution >= 4 is 22.9 Å². The number of rotatable bonds is 3. The number of nitrogens with one attached hydrogen (secondary N) is 2. The van der Waals surface area contributed by atoms with Crippen LogP contribution in [0.25, 0.3) is 10.6 Å². The molecule has 0 aromatic carbocycles. The van der Waals surface area contributed by atoms with Gasteiger partial charge < -0.3 is 5.32 Å². The van der Waals surface area contributed by atoms with E-state index in [2.05, 4.69) is 25.6 Å². The van der Waals surface area contributed by atoms with Crippen molar-refractivity contribution in [2.45, 2.75) is 0 Å². The minimum absolute atomic E-state index is 0.257. The molecule has 0 aliphatic carbocycles. The molecule has 8 heteroatoms. The summed E-state index contributed by atoms with van der Waals surface area (Å²) in [7, 11) is 1.84. The molecule has 1 amide bonds. The van der Waals surface area contributed by atoms with E-state index in [1.165, 1.54) is 17.5 Å². The number of hydrogen-bond acceptors (Lipinski definition) is 5. The largest absolute Gasteiger partial charge is 0.318 e. The molecule has 0 unspecified atom stereocenters. The zero-order valence-corrected chi connectivity index (χ0v) is 10.8. The van der Waals surface area contributed by atoms with Gasteiger partial charge in [-0.2, -0.15) is 10.2 Å². The maximum atomic E-state index is 11.9. The van der Waals surface area contributed by atoms with E-state index >= 15 is 0 Å². The molecule has 0 aliphatic heterocycles. The van der Waals surface area contributed by atoms with Crippen LogP contribution in [0.3, 0.4) is 0 Å². The number of amides is 1. The molecule has 2 N–H and O–H groups in total. The van der Waals surface area contributed by atoms with Crippen molar-refractivity contribution in [1.29, 1.82) is 0 Å². The average Bonchev–Trinajstić information content (AvgIpc) is 3.07. The standard InChI is InChI=1S/C11H10N6OS/c1-17-5-7(2-14-17)11-16-9(6-19-11)10(18)15-8-3-12-13-4-8/h2-6H,1H3,(H,12,13)(H,15,18). The minimum Gasteiger partial charge on any atom is -0.318 e. The number of aromatic amines is 1. The van der Waals surface area contributed by atoms with Crippen LogP contribution in [-0.2, 0) is 7.05 Å². The maximum absolute atomic E-state index is 11.9. The third-order valence-electron chi connectivity index (χ3n) is 2.44. The lowest BCUT2D eigenvalue weighted by atomic mass is 10.4. The van der Waals surface area contributed by atoms with E-state index in [0.29, 0.717) is 11.4 Å². The zero-order valence-electron chi connectivity index (χ0n) is 9.99. The Morgan fingerprint density at radius 2 is 2.37 bits per heavy atom. The van der Waals surface area contributed by atoms with Crippen molar-refractivity contribution in [1.82, 2.24) is 25.0 Å². The molecule has 96 valence electrons. The Morgan fingerprint density at radius 3 is 3.05 bits per heavy atom. The molecule has 0 saturated carbocycles. The first kappa shape index (κ1) is 11.6. The van der Waals surface area contributed by atoms with Gasteiger partial charge in [-0.05, 0) is 0 Å². The Hall–Kier alpha value is -2.48. The maximum Gasteiger partial charge on any atom is 0.275 e. The van der Waals surface area contributed by atoms with Gasteiger partial charge in [0.1, 0.15) is 10.7 Å². The molecule has 3 rings (SSSR count). The topological polar surface area (TPSA) is 88.5 Å². The minimum atomic E-state index is -0.257. The Balaban J connectivity index is 1.79. The van der Waals surface area contributed by atoms with E-state index in [1.807, 2.05) is 13.2 Å². The summed E-state index contributed by atoms with van der Waals surface area (Å²) in [5.74, 6) is -0.257. The molecule has 0 aliphatic rings. The Morgan fingerprint density at radius 1 is 1.47 bits per heavy atom. The van der Waals surface area contributed by atoms with Gasteiger partial charge in [0.15, 0.2) is 0 Å². The lowest BCUT2D eigenvalue weighted by Crippen LogP contribution is -2.11. The quantitative estimate of drug-likeness (QED) is 0.758. The fourth-order valence-corrected chi connectivity index (χ4v) is 2.33. The molecule has 0 fully saturated rings. The molecule has 19 heavy (non-hydrogen) atoms. The monoisotopic (exact) mass is 274 g/mol. The van der Waals surface area contributed by atoms with E-state index in [1.54, 1.807) is 22.5 Å². The third-order valence-corrected chi connectivity index (χ3v) is 3.34. The first-order chi connectivity index (χ1) is 9.22. The molecule has 3 heterocycles. The number of thiazole rings is 1. The highest BCUT2D eigenvalue weighted by molar-refractivity contribution is 7.13. The molecular weight excluding hydrogens is 264 g/mol. The number of hydrogen-bond donors (Lipinski definition) is 2. The van der Waals surface area contributed by atoms with Gasteiger partial charge in [0, 0.05) is 30.4 Å². The number of carbonyl (C=O) groups is 1. The van der Waals surface area contributed by atoms with Gasteiger partial charge in [0.2, 0.25) is 0 Å². The molecule has 0 radical (unpaired) electrons. The molecule has 7 nitrogen and oxygen atoms in total. The zero-order chi connectivity index (χ0) is 13.2. The second-order valence-electron chi connectivity index (χ2n) is 3.88. The van der Waals surface area contributed by atoms with Crippen molar-refractivity contribution in [2.75, 3.05) is 5.32 Å². The van der Waals surface area contributed by atoms with Crippen LogP contribution in [-0.4, -0.2) is 30.9 Å². The molecular formula is C11H10N6OS. The summed E-state index contributed by atoms with van der Waals surface area (Å²) in [6, 6.07) is 0. The fraction of sp³-hybridized carbons (Fsp3) is 0.0909. The lowest BCUT2D eigenvalue weighted by molar-refractivity contribution is 0.102. The van der Waals surface area contributed by atoms with E-state index in [-0.39, 0.29) is 5.91 Å². The Bertz CT molecular complexity index is 698. The number of carbonyl (C=O) groups excluding carboxylic acids is 1. The molecule has 0 atom stereocenters. The van der Waals surface area contributed by atoms with Gasteiger partial charge in [-0.1, -0.05) is 0 Å².